The van der Waals surface area contributed by atoms with Crippen LogP contribution in [0.15, 0.2) is 67.0 Å². The number of hydrogen-bond donors (Lipinski definition) is 1. The summed E-state index contributed by atoms with van der Waals surface area (Å²) in [5, 5.41) is 1.14. The molecule has 0 aliphatic heterocycles. The third kappa shape index (κ3) is 2.95. The maximum Gasteiger partial charge on any atom is 0.195 e. The Morgan fingerprint density at radius 1 is 1.04 bits per heavy atom. The summed E-state index contributed by atoms with van der Waals surface area (Å²) in [6.07, 6.45) is 3.26. The Morgan fingerprint density at radius 3 is 2.62 bits per heavy atom. The predicted molar refractivity (Wildman–Crippen MR) is 102 cm³/mol. The number of aromatic nitrogens is 2. The smallest absolute Gasteiger partial charge is 0.195 e. The van der Waals surface area contributed by atoms with Crippen LogP contribution in [0.3, 0.4) is 0 Å². The third-order valence-corrected chi connectivity index (χ3v) is 4.50. The molecule has 0 saturated heterocycles. The number of hydrogen-bond acceptors (Lipinski definition) is 3. The Balaban J connectivity index is 1.68. The van der Waals surface area contributed by atoms with Crippen molar-refractivity contribution in [2.75, 3.05) is 0 Å². The number of ether oxygens (including phenoxy) is 1. The van der Waals surface area contributed by atoms with Crippen LogP contribution in [0.2, 0.25) is 5.02 Å². The van der Waals surface area contributed by atoms with Gasteiger partial charge in [0.1, 0.15) is 17.1 Å². The van der Waals surface area contributed by atoms with Crippen molar-refractivity contribution in [1.29, 1.82) is 0 Å². The van der Waals surface area contributed by atoms with Gasteiger partial charge in [0.05, 0.1) is 10.6 Å². The number of H-pyrrole nitrogens is 1. The zero-order valence-electron chi connectivity index (χ0n) is 14.0. The second-order valence-corrected chi connectivity index (χ2v) is 6.35. The van der Waals surface area contributed by atoms with E-state index < -0.39 is 0 Å². The summed E-state index contributed by atoms with van der Waals surface area (Å²) in [5.74, 6) is 1.33. The first kappa shape index (κ1) is 16.4. The summed E-state index contributed by atoms with van der Waals surface area (Å²) in [4.78, 5) is 20.2. The minimum Gasteiger partial charge on any atom is -0.457 e. The highest BCUT2D eigenvalue weighted by Gasteiger charge is 2.19. The first-order chi connectivity index (χ1) is 12.6. The number of carbonyl (C=O) groups excluding carboxylic acids is 1. The summed E-state index contributed by atoms with van der Waals surface area (Å²) in [5.41, 5.74) is 2.55. The molecule has 0 fully saturated rings. The predicted octanol–water partition coefficient (Wildman–Crippen LogP) is 5.55. The summed E-state index contributed by atoms with van der Waals surface area (Å²) in [7, 11) is 0. The van der Waals surface area contributed by atoms with Gasteiger partial charge in [-0.05, 0) is 48.9 Å². The zero-order valence-corrected chi connectivity index (χ0v) is 14.7. The van der Waals surface area contributed by atoms with Crippen LogP contribution in [0.1, 0.15) is 21.5 Å². The maximum absolute atomic E-state index is 13.0. The summed E-state index contributed by atoms with van der Waals surface area (Å²) in [6.45, 7) is 1.89. The van der Waals surface area contributed by atoms with Gasteiger partial charge in [0.25, 0.3) is 0 Å². The number of rotatable bonds is 4. The fourth-order valence-corrected chi connectivity index (χ4v) is 3.17. The fraction of sp³-hybridized carbons (Fsp3) is 0.0476. The normalized spacial score (nSPS) is 10.8. The molecule has 0 spiro atoms. The van der Waals surface area contributed by atoms with Gasteiger partial charge in [-0.2, -0.15) is 0 Å². The number of carbonyl (C=O) groups is 1. The average molecular weight is 363 g/mol. The van der Waals surface area contributed by atoms with Crippen LogP contribution in [0.25, 0.3) is 11.0 Å². The molecule has 4 nitrogen and oxygen atoms in total. The van der Waals surface area contributed by atoms with E-state index in [4.69, 9.17) is 16.3 Å². The number of para-hydroxylation sites is 1. The van der Waals surface area contributed by atoms with Crippen molar-refractivity contribution < 1.29 is 9.53 Å². The fourth-order valence-electron chi connectivity index (χ4n) is 2.92. The van der Waals surface area contributed by atoms with Crippen molar-refractivity contribution in [2.45, 2.75) is 6.92 Å². The Labute approximate surface area is 155 Å². The van der Waals surface area contributed by atoms with E-state index >= 15 is 0 Å². The number of halogens is 1. The molecule has 4 rings (SSSR count). The van der Waals surface area contributed by atoms with Gasteiger partial charge in [-0.25, -0.2) is 4.98 Å². The highest BCUT2D eigenvalue weighted by molar-refractivity contribution is 6.37. The Kier molecular flexibility index (Phi) is 4.19. The van der Waals surface area contributed by atoms with Crippen LogP contribution in [-0.4, -0.2) is 15.8 Å². The number of nitrogens with one attached hydrogen (secondary N) is 1. The van der Waals surface area contributed by atoms with Crippen molar-refractivity contribution in [1.82, 2.24) is 9.97 Å². The maximum atomic E-state index is 13.0. The van der Waals surface area contributed by atoms with Gasteiger partial charge in [-0.1, -0.05) is 29.8 Å². The Bertz CT molecular complexity index is 1100. The van der Waals surface area contributed by atoms with Gasteiger partial charge >= 0.3 is 0 Å². The molecule has 0 saturated carbocycles. The molecule has 0 atom stereocenters. The molecule has 0 unspecified atom stereocenters. The average Bonchev–Trinajstić information content (AvgIpc) is 3.08. The van der Waals surface area contributed by atoms with E-state index in [1.807, 2.05) is 43.3 Å². The molecular weight excluding hydrogens is 348 g/mol. The first-order valence-corrected chi connectivity index (χ1v) is 8.51. The van der Waals surface area contributed by atoms with Crippen molar-refractivity contribution >= 4 is 28.4 Å². The molecule has 2 aromatic heterocycles. The molecule has 5 heteroatoms. The molecule has 0 aliphatic rings. The van der Waals surface area contributed by atoms with Gasteiger partial charge in [0.15, 0.2) is 5.78 Å². The van der Waals surface area contributed by atoms with E-state index in [9.17, 15) is 4.79 Å². The van der Waals surface area contributed by atoms with Gasteiger partial charge in [0.2, 0.25) is 0 Å². The first-order valence-electron chi connectivity index (χ1n) is 8.13. The largest absolute Gasteiger partial charge is 0.457 e. The molecule has 0 radical (unpaired) electrons. The standard InChI is InChI=1S/C21H15ClN2O2/c1-13-11-15(26-14-5-3-2-4-6-14)7-8-16(13)20(25)17-12-24-21-19(17)18(22)9-10-23-21/h2-12H,1H3,(H,23,24). The number of aromatic amines is 1. The van der Waals surface area contributed by atoms with Gasteiger partial charge < -0.3 is 9.72 Å². The second-order valence-electron chi connectivity index (χ2n) is 5.94. The molecule has 0 amide bonds. The highest BCUT2D eigenvalue weighted by Crippen LogP contribution is 2.29. The molecule has 2 aromatic carbocycles. The zero-order chi connectivity index (χ0) is 18.1. The van der Waals surface area contributed by atoms with Gasteiger partial charge in [0, 0.05) is 23.3 Å². The van der Waals surface area contributed by atoms with Crippen molar-refractivity contribution in [3.63, 3.8) is 0 Å². The highest BCUT2D eigenvalue weighted by atomic mass is 35.5. The molecule has 26 heavy (non-hydrogen) atoms. The van der Waals surface area contributed by atoms with Crippen LogP contribution in [0.5, 0.6) is 11.5 Å². The van der Waals surface area contributed by atoms with E-state index in [-0.39, 0.29) is 5.78 Å². The van der Waals surface area contributed by atoms with Crippen LogP contribution in [-0.2, 0) is 0 Å². The number of ketones is 1. The van der Waals surface area contributed by atoms with Gasteiger partial charge in [-0.3, -0.25) is 4.79 Å². The van der Waals surface area contributed by atoms with Crippen molar-refractivity contribution in [3.05, 3.63) is 88.7 Å². The molecule has 0 aliphatic carbocycles. The van der Waals surface area contributed by atoms with Crippen LogP contribution >= 0.6 is 11.6 Å². The van der Waals surface area contributed by atoms with E-state index in [1.54, 1.807) is 30.6 Å². The molecular formula is C21H15ClN2O2. The summed E-state index contributed by atoms with van der Waals surface area (Å²) >= 11 is 6.26. The lowest BCUT2D eigenvalue weighted by atomic mass is 9.99. The number of pyridine rings is 1. The Hall–Kier alpha value is -3.11. The molecule has 0 bridgehead atoms. The molecule has 1 N–H and O–H groups in total. The van der Waals surface area contributed by atoms with Crippen molar-refractivity contribution in [2.24, 2.45) is 0 Å². The van der Waals surface area contributed by atoms with Crippen LogP contribution < -0.4 is 4.74 Å². The van der Waals surface area contributed by atoms with Crippen molar-refractivity contribution in [3.8, 4) is 11.5 Å². The van der Waals surface area contributed by atoms with E-state index in [2.05, 4.69) is 9.97 Å². The second kappa shape index (κ2) is 6.65. The Morgan fingerprint density at radius 2 is 1.85 bits per heavy atom. The number of aryl methyl sites for hydroxylation is 1. The molecule has 2 heterocycles. The lowest BCUT2D eigenvalue weighted by Gasteiger charge is -2.09. The quantitative estimate of drug-likeness (QED) is 0.484. The lowest BCUT2D eigenvalue weighted by Crippen LogP contribution is -2.03. The van der Waals surface area contributed by atoms with E-state index in [1.165, 1.54) is 0 Å². The van der Waals surface area contributed by atoms with Crippen LogP contribution in [0, 0.1) is 6.92 Å². The van der Waals surface area contributed by atoms with Gasteiger partial charge in [-0.15, -0.1) is 0 Å². The minimum absolute atomic E-state index is 0.102. The third-order valence-electron chi connectivity index (χ3n) is 4.19. The topological polar surface area (TPSA) is 55.0 Å². The molecule has 128 valence electrons. The van der Waals surface area contributed by atoms with E-state index in [0.29, 0.717) is 32.9 Å². The monoisotopic (exact) mass is 362 g/mol. The van der Waals surface area contributed by atoms with Crippen LogP contribution in [0.4, 0.5) is 0 Å². The van der Waals surface area contributed by atoms with E-state index in [0.717, 1.165) is 11.3 Å². The number of nitrogens with zero attached hydrogens (tertiary/aromatic N) is 1. The number of benzene rings is 2. The SMILES string of the molecule is Cc1cc(Oc2ccccc2)ccc1C(=O)c1c[nH]c2nccc(Cl)c12. The molecule has 4 aromatic rings. The summed E-state index contributed by atoms with van der Waals surface area (Å²) in [6, 6.07) is 16.6. The number of fused-ring (bicyclic) bond motifs is 1. The summed E-state index contributed by atoms with van der Waals surface area (Å²) < 4.78 is 5.83. The minimum atomic E-state index is -0.102. The lowest BCUT2D eigenvalue weighted by molar-refractivity contribution is 0.103.